The van der Waals surface area contributed by atoms with E-state index in [-0.39, 0.29) is 5.91 Å². The van der Waals surface area contributed by atoms with Gasteiger partial charge in [-0.25, -0.2) is 9.97 Å². The van der Waals surface area contributed by atoms with Crippen molar-refractivity contribution in [1.82, 2.24) is 19.8 Å². The van der Waals surface area contributed by atoms with Gasteiger partial charge in [-0.15, -0.1) is 0 Å². The quantitative estimate of drug-likeness (QED) is 0.770. The van der Waals surface area contributed by atoms with Crippen molar-refractivity contribution in [3.63, 3.8) is 0 Å². The Morgan fingerprint density at radius 3 is 2.30 bits per heavy atom. The summed E-state index contributed by atoms with van der Waals surface area (Å²) >= 11 is 0. The van der Waals surface area contributed by atoms with E-state index in [1.165, 1.54) is 32.0 Å². The van der Waals surface area contributed by atoms with Crippen LogP contribution >= 0.6 is 0 Å². The van der Waals surface area contributed by atoms with E-state index in [2.05, 4.69) is 14.9 Å². The molecular weight excluding hydrogens is 294 g/mol. The summed E-state index contributed by atoms with van der Waals surface area (Å²) in [4.78, 5) is 37.6. The summed E-state index contributed by atoms with van der Waals surface area (Å²) in [5, 5.41) is 0. The van der Waals surface area contributed by atoms with Crippen molar-refractivity contribution in [3.8, 4) is 0 Å². The van der Waals surface area contributed by atoms with Gasteiger partial charge in [0.15, 0.2) is 0 Å². The number of aromatic nitrogens is 2. The van der Waals surface area contributed by atoms with Crippen LogP contribution in [0.1, 0.15) is 36.2 Å². The minimum atomic E-state index is -0.0750. The average Bonchev–Trinajstić information content (AvgIpc) is 2.91. The summed E-state index contributed by atoms with van der Waals surface area (Å²) in [6.07, 6.45) is 7.17. The second kappa shape index (κ2) is 7.39. The number of carbonyl (C=O) groups excluding carboxylic acids is 2. The topological polar surface area (TPSA) is 69.6 Å². The largest absolute Gasteiger partial charge is 0.357 e. The highest BCUT2D eigenvalue weighted by atomic mass is 16.2. The zero-order valence-electron chi connectivity index (χ0n) is 13.4. The van der Waals surface area contributed by atoms with Crippen molar-refractivity contribution >= 4 is 18.1 Å². The van der Waals surface area contributed by atoms with Gasteiger partial charge in [0.25, 0.3) is 5.91 Å². The lowest BCUT2D eigenvalue weighted by Gasteiger charge is -2.32. The second-order valence-electron chi connectivity index (χ2n) is 6.10. The lowest BCUT2D eigenvalue weighted by Crippen LogP contribution is -2.48. The molecule has 0 unspecified atom stereocenters. The summed E-state index contributed by atoms with van der Waals surface area (Å²) in [5.74, 6) is 0.769. The van der Waals surface area contributed by atoms with Crippen LogP contribution < -0.4 is 4.90 Å². The second-order valence-corrected chi connectivity index (χ2v) is 6.10. The Labute approximate surface area is 136 Å². The summed E-state index contributed by atoms with van der Waals surface area (Å²) < 4.78 is 0. The fourth-order valence-corrected chi connectivity index (χ4v) is 3.13. The van der Waals surface area contributed by atoms with Crippen molar-refractivity contribution in [2.45, 2.75) is 25.7 Å². The number of carbonyl (C=O) groups is 2. The maximum atomic E-state index is 12.6. The Morgan fingerprint density at radius 2 is 1.65 bits per heavy atom. The van der Waals surface area contributed by atoms with Crippen LogP contribution in [-0.2, 0) is 4.79 Å². The van der Waals surface area contributed by atoms with Gasteiger partial charge in [-0.2, -0.15) is 0 Å². The van der Waals surface area contributed by atoms with Crippen LogP contribution in [-0.4, -0.2) is 71.4 Å². The molecule has 2 amide bonds. The summed E-state index contributed by atoms with van der Waals surface area (Å²) in [6, 6.07) is 1.81. The molecule has 3 heterocycles. The molecule has 1 aromatic heterocycles. The fourth-order valence-electron chi connectivity index (χ4n) is 3.13. The van der Waals surface area contributed by atoms with Crippen LogP contribution in [0.5, 0.6) is 0 Å². The molecule has 2 fully saturated rings. The fraction of sp³-hybridized carbons (Fsp3) is 0.625. The van der Waals surface area contributed by atoms with Crippen LogP contribution in [0.2, 0.25) is 0 Å². The van der Waals surface area contributed by atoms with Crippen LogP contribution in [0, 0.1) is 0 Å². The molecule has 7 nitrogen and oxygen atoms in total. The number of amides is 2. The van der Waals surface area contributed by atoms with E-state index < -0.39 is 0 Å². The van der Waals surface area contributed by atoms with Crippen LogP contribution in [0.3, 0.4) is 0 Å². The maximum absolute atomic E-state index is 12.6. The van der Waals surface area contributed by atoms with Gasteiger partial charge in [-0.1, -0.05) is 12.8 Å². The number of nitrogens with zero attached hydrogens (tertiary/aromatic N) is 5. The molecule has 0 radical (unpaired) electrons. The minimum absolute atomic E-state index is 0.0750. The van der Waals surface area contributed by atoms with Crippen molar-refractivity contribution in [1.29, 1.82) is 0 Å². The zero-order chi connectivity index (χ0) is 16.1. The highest BCUT2D eigenvalue weighted by Gasteiger charge is 2.23. The Bertz CT molecular complexity index is 549. The van der Waals surface area contributed by atoms with Gasteiger partial charge in [0.05, 0.1) is 0 Å². The average molecular weight is 317 g/mol. The molecule has 0 saturated carbocycles. The number of hydrogen-bond donors (Lipinski definition) is 0. The van der Waals surface area contributed by atoms with E-state index in [0.717, 1.165) is 25.3 Å². The molecule has 0 aromatic carbocycles. The van der Waals surface area contributed by atoms with Gasteiger partial charge in [0.1, 0.15) is 17.8 Å². The zero-order valence-corrected chi connectivity index (χ0v) is 13.4. The van der Waals surface area contributed by atoms with E-state index in [1.807, 2.05) is 0 Å². The number of piperazine rings is 1. The highest BCUT2D eigenvalue weighted by Crippen LogP contribution is 2.18. The van der Waals surface area contributed by atoms with E-state index in [1.54, 1.807) is 15.9 Å². The van der Waals surface area contributed by atoms with E-state index in [0.29, 0.717) is 31.9 Å². The molecule has 2 aliphatic rings. The van der Waals surface area contributed by atoms with Crippen molar-refractivity contribution in [2.75, 3.05) is 44.2 Å². The monoisotopic (exact) mass is 317 g/mol. The van der Waals surface area contributed by atoms with Crippen LogP contribution in [0.4, 0.5) is 5.82 Å². The Hall–Kier alpha value is -2.18. The van der Waals surface area contributed by atoms with Crippen molar-refractivity contribution in [2.24, 2.45) is 0 Å². The third-order valence-corrected chi connectivity index (χ3v) is 4.55. The molecule has 0 aliphatic carbocycles. The molecule has 0 N–H and O–H groups in total. The summed E-state index contributed by atoms with van der Waals surface area (Å²) in [6.45, 7) is 4.26. The van der Waals surface area contributed by atoms with Crippen LogP contribution in [0.15, 0.2) is 12.4 Å². The van der Waals surface area contributed by atoms with Crippen molar-refractivity contribution < 1.29 is 9.59 Å². The van der Waals surface area contributed by atoms with Gasteiger partial charge in [0, 0.05) is 45.3 Å². The molecule has 3 rings (SSSR count). The van der Waals surface area contributed by atoms with Gasteiger partial charge >= 0.3 is 0 Å². The molecule has 23 heavy (non-hydrogen) atoms. The third kappa shape index (κ3) is 3.78. The molecule has 7 heteroatoms. The lowest BCUT2D eigenvalue weighted by molar-refractivity contribution is -0.119. The molecule has 124 valence electrons. The van der Waals surface area contributed by atoms with Crippen LogP contribution in [0.25, 0.3) is 0 Å². The van der Waals surface area contributed by atoms with E-state index in [4.69, 9.17) is 0 Å². The summed E-state index contributed by atoms with van der Waals surface area (Å²) in [5.41, 5.74) is 0.443. The van der Waals surface area contributed by atoms with E-state index in [9.17, 15) is 9.59 Å². The van der Waals surface area contributed by atoms with Gasteiger partial charge in [0.2, 0.25) is 6.41 Å². The number of rotatable bonds is 3. The maximum Gasteiger partial charge on any atom is 0.272 e. The summed E-state index contributed by atoms with van der Waals surface area (Å²) in [7, 11) is 0. The smallest absolute Gasteiger partial charge is 0.272 e. The Balaban J connectivity index is 1.69. The SMILES string of the molecule is O=CN1CCN(C(=O)c2cc(N3CCCCCC3)ncn2)CC1. The molecular formula is C16H23N5O2. The number of hydrogen-bond acceptors (Lipinski definition) is 5. The molecule has 2 aliphatic heterocycles. The van der Waals surface area contributed by atoms with Gasteiger partial charge in [-0.05, 0) is 12.8 Å². The predicted octanol–water partition coefficient (Wildman–Crippen LogP) is 0.771. The van der Waals surface area contributed by atoms with Crippen molar-refractivity contribution in [3.05, 3.63) is 18.1 Å². The highest BCUT2D eigenvalue weighted by molar-refractivity contribution is 5.93. The first kappa shape index (κ1) is 15.7. The number of anilines is 1. The molecule has 0 atom stereocenters. The van der Waals surface area contributed by atoms with Gasteiger partial charge < -0.3 is 14.7 Å². The van der Waals surface area contributed by atoms with Gasteiger partial charge in [-0.3, -0.25) is 9.59 Å². The Morgan fingerprint density at radius 1 is 0.957 bits per heavy atom. The first-order valence-electron chi connectivity index (χ1n) is 8.33. The molecule has 0 spiro atoms. The lowest BCUT2D eigenvalue weighted by atomic mass is 10.2. The predicted molar refractivity (Wildman–Crippen MR) is 86.3 cm³/mol. The first-order chi connectivity index (χ1) is 11.3. The molecule has 2 saturated heterocycles. The molecule has 1 aromatic rings. The standard InChI is InChI=1S/C16H23N5O2/c22-13-19-7-9-21(10-8-19)16(23)14-11-15(18-12-17-14)20-5-3-1-2-4-6-20/h11-13H,1-10H2. The minimum Gasteiger partial charge on any atom is -0.357 e. The molecule has 0 bridgehead atoms. The Kier molecular flexibility index (Phi) is 5.05. The first-order valence-corrected chi connectivity index (χ1v) is 8.33. The van der Waals surface area contributed by atoms with E-state index >= 15 is 0 Å². The normalized spacial score (nSPS) is 19.4. The third-order valence-electron chi connectivity index (χ3n) is 4.55.